The molecule has 144 valence electrons. The Morgan fingerprint density at radius 2 is 1.71 bits per heavy atom. The van der Waals surface area contributed by atoms with Crippen molar-refractivity contribution in [2.75, 3.05) is 6.61 Å². The van der Waals surface area contributed by atoms with Crippen LogP contribution in [0.25, 0.3) is 0 Å². The number of hydrogen-bond donors (Lipinski definition) is 1. The molecule has 0 aromatic heterocycles. The fraction of sp³-hybridized carbons (Fsp3) is 1.00. The molecule has 0 aromatic carbocycles. The van der Waals surface area contributed by atoms with Crippen LogP contribution in [0.2, 0.25) is 0 Å². The van der Waals surface area contributed by atoms with Crippen molar-refractivity contribution >= 4 is 7.82 Å². The van der Waals surface area contributed by atoms with Crippen molar-refractivity contribution in [1.29, 1.82) is 0 Å². The van der Waals surface area contributed by atoms with Crippen LogP contribution in [0.5, 0.6) is 0 Å². The van der Waals surface area contributed by atoms with Gasteiger partial charge < -0.3 is 4.89 Å². The molecule has 0 radical (unpaired) electrons. The van der Waals surface area contributed by atoms with E-state index in [2.05, 4.69) is 34.6 Å². The molecule has 0 aliphatic heterocycles. The fourth-order valence-corrected chi connectivity index (χ4v) is 4.69. The first-order valence-electron chi connectivity index (χ1n) is 9.94. The molecule has 0 amide bonds. The monoisotopic (exact) mass is 362 g/mol. The average Bonchev–Trinajstić information content (AvgIpc) is 2.51. The molecule has 0 heterocycles. The summed E-state index contributed by atoms with van der Waals surface area (Å²) in [6.07, 6.45) is 8.44. The van der Waals surface area contributed by atoms with Gasteiger partial charge >= 0.3 is 7.82 Å². The molecule has 4 nitrogen and oxygen atoms in total. The topological polar surface area (TPSA) is 55.8 Å². The van der Waals surface area contributed by atoms with Gasteiger partial charge in [0.25, 0.3) is 0 Å². The Hall–Kier alpha value is 0.110. The summed E-state index contributed by atoms with van der Waals surface area (Å²) >= 11 is 0. The number of unbranched alkanes of at least 4 members (excludes halogenated alkanes) is 3. The lowest BCUT2D eigenvalue weighted by Gasteiger charge is -2.37. The summed E-state index contributed by atoms with van der Waals surface area (Å²) in [5.41, 5.74) is 0. The number of phosphoric ester groups is 1. The second kappa shape index (κ2) is 11.0. The predicted octanol–water partition coefficient (Wildman–Crippen LogP) is 6.19. The third kappa shape index (κ3) is 7.99. The van der Waals surface area contributed by atoms with Crippen LogP contribution in [-0.2, 0) is 13.6 Å². The second-order valence-corrected chi connectivity index (χ2v) is 9.31. The quantitative estimate of drug-likeness (QED) is 0.352. The van der Waals surface area contributed by atoms with Crippen LogP contribution in [0.15, 0.2) is 0 Å². The van der Waals surface area contributed by atoms with Crippen molar-refractivity contribution < 1.29 is 18.5 Å². The molecule has 4 atom stereocenters. The van der Waals surface area contributed by atoms with E-state index in [1.165, 1.54) is 25.7 Å². The van der Waals surface area contributed by atoms with Crippen LogP contribution in [0.1, 0.15) is 86.0 Å². The van der Waals surface area contributed by atoms with Gasteiger partial charge in [-0.1, -0.05) is 66.7 Å². The summed E-state index contributed by atoms with van der Waals surface area (Å²) < 4.78 is 23.1. The Kier molecular flexibility index (Phi) is 10.1. The first-order chi connectivity index (χ1) is 11.3. The molecule has 0 saturated heterocycles. The zero-order valence-corrected chi connectivity index (χ0v) is 17.3. The summed E-state index contributed by atoms with van der Waals surface area (Å²) in [7, 11) is -3.95. The standard InChI is InChI=1S/C19H39O4P/c1-6-8-9-10-11-18(7-2)14-22-24(20,21)23-19-12-15(3)17(5)16(4)13-19/h15-19H,6-14H2,1-5H3,(H,20,21). The number of hydrogen-bond acceptors (Lipinski definition) is 3. The molecule has 24 heavy (non-hydrogen) atoms. The maximum atomic E-state index is 12.3. The Morgan fingerprint density at radius 1 is 1.08 bits per heavy atom. The molecule has 1 aliphatic carbocycles. The van der Waals surface area contributed by atoms with Crippen molar-refractivity contribution in [2.24, 2.45) is 23.7 Å². The molecule has 1 fully saturated rings. The lowest BCUT2D eigenvalue weighted by atomic mass is 9.73. The summed E-state index contributed by atoms with van der Waals surface area (Å²) in [6, 6.07) is 0. The lowest BCUT2D eigenvalue weighted by molar-refractivity contribution is 0.0278. The highest BCUT2D eigenvalue weighted by atomic mass is 31.2. The van der Waals surface area contributed by atoms with Crippen molar-refractivity contribution in [2.45, 2.75) is 92.1 Å². The minimum absolute atomic E-state index is 0.160. The minimum atomic E-state index is -3.95. The van der Waals surface area contributed by atoms with E-state index < -0.39 is 7.82 Å². The molecule has 1 aliphatic rings. The number of phosphoric acid groups is 1. The van der Waals surface area contributed by atoms with Crippen LogP contribution in [-0.4, -0.2) is 17.6 Å². The Balaban J connectivity index is 2.38. The van der Waals surface area contributed by atoms with E-state index in [0.29, 0.717) is 30.3 Å². The van der Waals surface area contributed by atoms with Gasteiger partial charge in [-0.25, -0.2) is 4.57 Å². The van der Waals surface area contributed by atoms with Crippen LogP contribution in [0, 0.1) is 23.7 Å². The van der Waals surface area contributed by atoms with Gasteiger partial charge in [-0.2, -0.15) is 0 Å². The summed E-state index contributed by atoms with van der Waals surface area (Å²) in [6.45, 7) is 11.3. The van der Waals surface area contributed by atoms with E-state index in [1.807, 2.05) is 0 Å². The molecular weight excluding hydrogens is 323 g/mol. The van der Waals surface area contributed by atoms with E-state index in [1.54, 1.807) is 0 Å². The van der Waals surface area contributed by atoms with Gasteiger partial charge in [0.1, 0.15) is 0 Å². The van der Waals surface area contributed by atoms with E-state index >= 15 is 0 Å². The Labute approximate surface area is 149 Å². The Bertz CT molecular complexity index is 376. The van der Waals surface area contributed by atoms with Gasteiger partial charge in [0.05, 0.1) is 12.7 Å². The van der Waals surface area contributed by atoms with Crippen LogP contribution >= 0.6 is 7.82 Å². The van der Waals surface area contributed by atoms with Gasteiger partial charge in [0, 0.05) is 0 Å². The molecule has 4 unspecified atom stereocenters. The molecule has 0 aromatic rings. The predicted molar refractivity (Wildman–Crippen MR) is 99.9 cm³/mol. The van der Waals surface area contributed by atoms with Crippen molar-refractivity contribution in [3.8, 4) is 0 Å². The third-order valence-electron chi connectivity index (χ3n) is 5.86. The lowest BCUT2D eigenvalue weighted by Crippen LogP contribution is -2.32. The van der Waals surface area contributed by atoms with E-state index in [0.717, 1.165) is 25.7 Å². The molecular formula is C19H39O4P. The highest BCUT2D eigenvalue weighted by molar-refractivity contribution is 7.47. The van der Waals surface area contributed by atoms with Crippen LogP contribution < -0.4 is 0 Å². The van der Waals surface area contributed by atoms with Gasteiger partial charge in [-0.3, -0.25) is 9.05 Å². The smallest absolute Gasteiger partial charge is 0.302 e. The van der Waals surface area contributed by atoms with Crippen LogP contribution in [0.4, 0.5) is 0 Å². The van der Waals surface area contributed by atoms with E-state index in [9.17, 15) is 9.46 Å². The minimum Gasteiger partial charge on any atom is -0.302 e. The van der Waals surface area contributed by atoms with Crippen molar-refractivity contribution in [3.63, 3.8) is 0 Å². The Morgan fingerprint density at radius 3 is 2.25 bits per heavy atom. The van der Waals surface area contributed by atoms with Gasteiger partial charge in [-0.05, 0) is 42.9 Å². The first kappa shape index (κ1) is 22.2. The van der Waals surface area contributed by atoms with Crippen molar-refractivity contribution in [3.05, 3.63) is 0 Å². The van der Waals surface area contributed by atoms with E-state index in [4.69, 9.17) is 9.05 Å². The maximum absolute atomic E-state index is 12.3. The molecule has 1 rings (SSSR count). The number of rotatable bonds is 11. The zero-order valence-electron chi connectivity index (χ0n) is 16.4. The highest BCUT2D eigenvalue weighted by Gasteiger charge is 2.35. The molecule has 0 bridgehead atoms. The van der Waals surface area contributed by atoms with Gasteiger partial charge in [0.2, 0.25) is 0 Å². The largest absolute Gasteiger partial charge is 0.472 e. The molecule has 1 N–H and O–H groups in total. The molecule has 0 spiro atoms. The SMILES string of the molecule is CCCCCCC(CC)COP(=O)(O)OC1CC(C)C(C)C(C)C1. The van der Waals surface area contributed by atoms with Gasteiger partial charge in [0.15, 0.2) is 0 Å². The summed E-state index contributed by atoms with van der Waals surface area (Å²) in [4.78, 5) is 10.1. The van der Waals surface area contributed by atoms with Crippen molar-refractivity contribution in [1.82, 2.24) is 0 Å². The average molecular weight is 362 g/mol. The molecule has 5 heteroatoms. The van der Waals surface area contributed by atoms with E-state index in [-0.39, 0.29) is 6.10 Å². The van der Waals surface area contributed by atoms with Crippen LogP contribution in [0.3, 0.4) is 0 Å². The third-order valence-corrected chi connectivity index (χ3v) is 6.90. The summed E-state index contributed by atoms with van der Waals surface area (Å²) in [5.74, 6) is 2.01. The molecule has 1 saturated carbocycles. The maximum Gasteiger partial charge on any atom is 0.472 e. The first-order valence-corrected chi connectivity index (χ1v) is 11.4. The second-order valence-electron chi connectivity index (χ2n) is 7.90. The summed E-state index contributed by atoms with van der Waals surface area (Å²) in [5, 5.41) is 0. The zero-order chi connectivity index (χ0) is 18.2. The highest BCUT2D eigenvalue weighted by Crippen LogP contribution is 2.49. The fourth-order valence-electron chi connectivity index (χ4n) is 3.69. The van der Waals surface area contributed by atoms with Gasteiger partial charge in [-0.15, -0.1) is 0 Å². The normalized spacial score (nSPS) is 31.6.